The fourth-order valence-electron chi connectivity index (χ4n) is 4.78. The second-order valence-corrected chi connectivity index (χ2v) is 12.0. The molecule has 0 unspecified atom stereocenters. The highest BCUT2D eigenvalue weighted by Gasteiger charge is 2.30. The molecule has 2 N–H and O–H groups in total. The van der Waals surface area contributed by atoms with Crippen LogP contribution in [0.3, 0.4) is 0 Å². The van der Waals surface area contributed by atoms with E-state index in [1.165, 1.54) is 48.4 Å². The number of hydrogen-bond donors (Lipinski definition) is 2. The zero-order valence-electron chi connectivity index (χ0n) is 23.8. The van der Waals surface area contributed by atoms with Crippen molar-refractivity contribution >= 4 is 45.9 Å². The van der Waals surface area contributed by atoms with E-state index in [0.717, 1.165) is 35.8 Å². The number of thioether (sulfide) groups is 1. The minimum Gasteiger partial charge on any atom is -0.495 e. The molecule has 2 aromatic carbocycles. The number of nitrogens with zero attached hydrogens (tertiary/aromatic N) is 3. The average Bonchev–Trinajstić information content (AvgIpc) is 3.70. The van der Waals surface area contributed by atoms with Gasteiger partial charge in [0.25, 0.3) is 5.91 Å². The Morgan fingerprint density at radius 3 is 2.72 bits per heavy atom. The molecule has 0 saturated carbocycles. The van der Waals surface area contributed by atoms with E-state index in [1.807, 2.05) is 18.2 Å². The summed E-state index contributed by atoms with van der Waals surface area (Å²) in [5.74, 6) is -0.826. The summed E-state index contributed by atoms with van der Waals surface area (Å²) in [5.41, 5.74) is 2.18. The normalized spacial score (nSPS) is 12.8. The van der Waals surface area contributed by atoms with Crippen molar-refractivity contribution in [2.75, 3.05) is 19.0 Å². The van der Waals surface area contributed by atoms with E-state index in [0.29, 0.717) is 33.0 Å². The summed E-state index contributed by atoms with van der Waals surface area (Å²) in [5, 5.41) is 14.6. The third kappa shape index (κ3) is 6.57. The number of rotatable bonds is 11. The van der Waals surface area contributed by atoms with Crippen molar-refractivity contribution in [2.45, 2.75) is 50.1 Å². The van der Waals surface area contributed by atoms with E-state index in [-0.39, 0.29) is 24.6 Å². The van der Waals surface area contributed by atoms with Crippen molar-refractivity contribution in [1.29, 1.82) is 0 Å². The van der Waals surface area contributed by atoms with E-state index in [9.17, 15) is 18.8 Å². The Bertz CT molecular complexity index is 1670. The van der Waals surface area contributed by atoms with Crippen molar-refractivity contribution < 1.29 is 28.2 Å². The number of hydrogen-bond acceptors (Lipinski definition) is 9. The monoisotopic (exact) mass is 623 g/mol. The fourth-order valence-corrected chi connectivity index (χ4v) is 6.94. The standard InChI is InChI=1S/C30H30FN5O5S2/c1-4-41-29(39)25-20-11-8-14-23(20)43-28(25)33-26(37)17(2)42-30-35-34-24(36(30)21-12-5-6-13-22(21)40-3)16-32-27(38)18-9-7-10-19(31)15-18/h5-7,9-10,12-13,15,17H,4,8,11,14,16H2,1-3H3,(H,32,38)(H,33,37)/t17-/m1/s1. The molecule has 13 heteroatoms. The molecule has 1 aliphatic carbocycles. The van der Waals surface area contributed by atoms with E-state index in [4.69, 9.17) is 9.47 Å². The Morgan fingerprint density at radius 2 is 1.95 bits per heavy atom. The first-order chi connectivity index (χ1) is 20.8. The van der Waals surface area contributed by atoms with Gasteiger partial charge in [-0.25, -0.2) is 9.18 Å². The molecular formula is C30H30FN5O5S2. The summed E-state index contributed by atoms with van der Waals surface area (Å²) in [7, 11) is 1.54. The van der Waals surface area contributed by atoms with Gasteiger partial charge >= 0.3 is 5.97 Å². The maximum absolute atomic E-state index is 13.6. The maximum Gasteiger partial charge on any atom is 0.341 e. The molecule has 1 aliphatic rings. The minimum absolute atomic E-state index is 0.0226. The first-order valence-corrected chi connectivity index (χ1v) is 15.4. The summed E-state index contributed by atoms with van der Waals surface area (Å²) < 4.78 is 26.2. The number of halogens is 1. The van der Waals surface area contributed by atoms with E-state index in [1.54, 1.807) is 24.5 Å². The first-order valence-electron chi connectivity index (χ1n) is 13.7. The van der Waals surface area contributed by atoms with Gasteiger partial charge < -0.3 is 20.1 Å². The van der Waals surface area contributed by atoms with Crippen LogP contribution in [0.25, 0.3) is 5.69 Å². The number of fused-ring (bicyclic) bond motifs is 1. The van der Waals surface area contributed by atoms with Gasteiger partial charge in [-0.1, -0.05) is 30.0 Å². The second-order valence-electron chi connectivity index (χ2n) is 9.63. The Hall–Kier alpha value is -4.23. The predicted octanol–water partition coefficient (Wildman–Crippen LogP) is 5.19. The number of esters is 1. The molecule has 0 bridgehead atoms. The molecule has 2 heterocycles. The SMILES string of the molecule is CCOC(=O)c1c(NC(=O)[C@@H](C)Sc2nnc(CNC(=O)c3cccc(F)c3)n2-c2ccccc2OC)sc2c1CCC2. The number of anilines is 1. The number of thiophene rings is 1. The lowest BCUT2D eigenvalue weighted by atomic mass is 10.1. The number of aromatic nitrogens is 3. The third-order valence-corrected chi connectivity index (χ3v) is 9.06. The Morgan fingerprint density at radius 1 is 1.14 bits per heavy atom. The van der Waals surface area contributed by atoms with Crippen LogP contribution in [0, 0.1) is 5.82 Å². The van der Waals surface area contributed by atoms with Crippen molar-refractivity contribution in [3.63, 3.8) is 0 Å². The number of benzene rings is 2. The zero-order chi connectivity index (χ0) is 30.5. The number of amides is 2. The number of methoxy groups -OCH3 is 1. The van der Waals surface area contributed by atoms with Crippen LogP contribution in [0.1, 0.15) is 57.2 Å². The lowest BCUT2D eigenvalue weighted by Gasteiger charge is -2.16. The fraction of sp³-hybridized carbons (Fsp3) is 0.300. The summed E-state index contributed by atoms with van der Waals surface area (Å²) in [4.78, 5) is 40.0. The summed E-state index contributed by atoms with van der Waals surface area (Å²) in [6.45, 7) is 3.70. The molecule has 10 nitrogen and oxygen atoms in total. The van der Waals surface area contributed by atoms with Crippen LogP contribution in [0.4, 0.5) is 9.39 Å². The van der Waals surface area contributed by atoms with Gasteiger partial charge in [-0.3, -0.25) is 14.2 Å². The van der Waals surface area contributed by atoms with Gasteiger partial charge in [0.2, 0.25) is 5.91 Å². The van der Waals surface area contributed by atoms with E-state index in [2.05, 4.69) is 20.8 Å². The van der Waals surface area contributed by atoms with Crippen LogP contribution in [-0.4, -0.2) is 51.5 Å². The molecular weight excluding hydrogens is 593 g/mol. The van der Waals surface area contributed by atoms with E-state index < -0.39 is 22.9 Å². The molecule has 4 aromatic rings. The molecule has 0 aliphatic heterocycles. The number of para-hydroxylation sites is 2. The average molecular weight is 624 g/mol. The Kier molecular flexibility index (Phi) is 9.41. The molecule has 2 aromatic heterocycles. The summed E-state index contributed by atoms with van der Waals surface area (Å²) in [6.07, 6.45) is 2.62. The summed E-state index contributed by atoms with van der Waals surface area (Å²) >= 11 is 2.58. The molecule has 5 rings (SSSR count). The van der Waals surface area contributed by atoms with Gasteiger partial charge in [-0.2, -0.15) is 0 Å². The van der Waals surface area contributed by atoms with Gasteiger partial charge in [-0.05, 0) is 69.0 Å². The van der Waals surface area contributed by atoms with E-state index >= 15 is 0 Å². The van der Waals surface area contributed by atoms with Gasteiger partial charge in [0, 0.05) is 10.4 Å². The maximum atomic E-state index is 13.6. The quantitative estimate of drug-likeness (QED) is 0.173. The molecule has 224 valence electrons. The number of carbonyl (C=O) groups excluding carboxylic acids is 3. The van der Waals surface area contributed by atoms with Gasteiger partial charge in [0.15, 0.2) is 11.0 Å². The van der Waals surface area contributed by atoms with Crippen LogP contribution in [-0.2, 0) is 28.9 Å². The van der Waals surface area contributed by atoms with Crippen LogP contribution in [0.2, 0.25) is 0 Å². The minimum atomic E-state index is -0.639. The largest absolute Gasteiger partial charge is 0.495 e. The van der Waals surface area contributed by atoms with Crippen molar-refractivity contribution in [3.8, 4) is 11.4 Å². The van der Waals surface area contributed by atoms with Crippen LogP contribution in [0.15, 0.2) is 53.7 Å². The number of carbonyl (C=O) groups is 3. The number of aryl methyl sites for hydroxylation is 1. The molecule has 1 atom stereocenters. The van der Waals surface area contributed by atoms with Crippen molar-refractivity contribution in [2.24, 2.45) is 0 Å². The number of nitrogens with one attached hydrogen (secondary N) is 2. The topological polar surface area (TPSA) is 124 Å². The Labute approximate surface area is 256 Å². The highest BCUT2D eigenvalue weighted by molar-refractivity contribution is 8.00. The molecule has 0 fully saturated rings. The molecule has 0 spiro atoms. The smallest absolute Gasteiger partial charge is 0.341 e. The predicted molar refractivity (Wildman–Crippen MR) is 162 cm³/mol. The van der Waals surface area contributed by atoms with Gasteiger partial charge in [-0.15, -0.1) is 21.5 Å². The summed E-state index contributed by atoms with van der Waals surface area (Å²) in [6, 6.07) is 12.6. The van der Waals surface area contributed by atoms with Crippen LogP contribution < -0.4 is 15.4 Å². The lowest BCUT2D eigenvalue weighted by Crippen LogP contribution is -2.25. The molecule has 2 amide bonds. The second kappa shape index (κ2) is 13.4. The van der Waals surface area contributed by atoms with Gasteiger partial charge in [0.1, 0.15) is 16.6 Å². The van der Waals surface area contributed by atoms with Crippen LogP contribution >= 0.6 is 23.1 Å². The molecule has 43 heavy (non-hydrogen) atoms. The van der Waals surface area contributed by atoms with Crippen molar-refractivity contribution in [3.05, 3.63) is 81.7 Å². The number of ether oxygens (including phenoxy) is 2. The molecule has 0 saturated heterocycles. The Balaban J connectivity index is 1.39. The van der Waals surface area contributed by atoms with Crippen molar-refractivity contribution in [1.82, 2.24) is 20.1 Å². The third-order valence-electron chi connectivity index (χ3n) is 6.81. The first kappa shape index (κ1) is 30.2. The van der Waals surface area contributed by atoms with Crippen LogP contribution in [0.5, 0.6) is 5.75 Å². The highest BCUT2D eigenvalue weighted by Crippen LogP contribution is 2.40. The lowest BCUT2D eigenvalue weighted by molar-refractivity contribution is -0.115. The zero-order valence-corrected chi connectivity index (χ0v) is 25.4. The molecule has 0 radical (unpaired) electrons. The van der Waals surface area contributed by atoms with Gasteiger partial charge in [0.05, 0.1) is 36.8 Å². The highest BCUT2D eigenvalue weighted by atomic mass is 32.2.